The van der Waals surface area contributed by atoms with Gasteiger partial charge in [0.2, 0.25) is 0 Å². The predicted molar refractivity (Wildman–Crippen MR) is 69.1 cm³/mol. The standard InChI is InChI=1S/C12H19N3S/c13-15-11(12-6-2-4-8-16-12)9-10-5-1-3-7-14-10/h1,3,5,7,11-12,15H,2,4,6,8-9,13H2. The van der Waals surface area contributed by atoms with Gasteiger partial charge in [-0.2, -0.15) is 11.8 Å². The van der Waals surface area contributed by atoms with Gasteiger partial charge in [-0.05, 0) is 30.7 Å². The highest BCUT2D eigenvalue weighted by Gasteiger charge is 2.23. The van der Waals surface area contributed by atoms with Crippen LogP contribution in [0.1, 0.15) is 25.0 Å². The van der Waals surface area contributed by atoms with E-state index in [4.69, 9.17) is 5.84 Å². The summed E-state index contributed by atoms with van der Waals surface area (Å²) in [5, 5.41) is 0.640. The summed E-state index contributed by atoms with van der Waals surface area (Å²) in [6.45, 7) is 0. The van der Waals surface area contributed by atoms with Gasteiger partial charge in [0.05, 0.1) is 0 Å². The van der Waals surface area contributed by atoms with E-state index in [1.54, 1.807) is 0 Å². The van der Waals surface area contributed by atoms with E-state index in [0.717, 1.165) is 12.1 Å². The fourth-order valence-corrected chi connectivity index (χ4v) is 3.54. The van der Waals surface area contributed by atoms with Crippen molar-refractivity contribution < 1.29 is 0 Å². The Hall–Kier alpha value is -0.580. The maximum atomic E-state index is 5.66. The number of nitrogens with one attached hydrogen (secondary N) is 1. The van der Waals surface area contributed by atoms with Crippen LogP contribution < -0.4 is 11.3 Å². The molecular weight excluding hydrogens is 218 g/mol. The van der Waals surface area contributed by atoms with Gasteiger partial charge >= 0.3 is 0 Å². The number of nitrogens with two attached hydrogens (primary N) is 1. The zero-order chi connectivity index (χ0) is 11.2. The molecule has 1 aliphatic rings. The van der Waals surface area contributed by atoms with Crippen molar-refractivity contribution in [3.05, 3.63) is 30.1 Å². The Morgan fingerprint density at radius 1 is 1.50 bits per heavy atom. The second-order valence-corrected chi connectivity index (χ2v) is 5.55. The minimum atomic E-state index is 0.347. The molecule has 0 radical (unpaired) electrons. The molecule has 2 atom stereocenters. The minimum absolute atomic E-state index is 0.347. The maximum absolute atomic E-state index is 5.66. The van der Waals surface area contributed by atoms with Crippen molar-refractivity contribution in [1.82, 2.24) is 10.4 Å². The number of aromatic nitrogens is 1. The molecule has 1 saturated heterocycles. The molecule has 0 aliphatic carbocycles. The second kappa shape index (κ2) is 6.23. The summed E-state index contributed by atoms with van der Waals surface area (Å²) in [6, 6.07) is 6.39. The fraction of sp³-hybridized carbons (Fsp3) is 0.583. The molecule has 3 N–H and O–H groups in total. The van der Waals surface area contributed by atoms with Gasteiger partial charge in [-0.15, -0.1) is 0 Å². The smallest absolute Gasteiger partial charge is 0.0420 e. The summed E-state index contributed by atoms with van der Waals surface area (Å²) in [7, 11) is 0. The van der Waals surface area contributed by atoms with Crippen molar-refractivity contribution >= 4 is 11.8 Å². The maximum Gasteiger partial charge on any atom is 0.0420 e. The van der Waals surface area contributed by atoms with Crippen molar-refractivity contribution in [2.45, 2.75) is 37.0 Å². The molecule has 3 nitrogen and oxygen atoms in total. The van der Waals surface area contributed by atoms with Crippen LogP contribution in [0, 0.1) is 0 Å². The summed E-state index contributed by atoms with van der Waals surface area (Å²) in [5.74, 6) is 6.93. The summed E-state index contributed by atoms with van der Waals surface area (Å²) < 4.78 is 0. The predicted octanol–water partition coefficient (Wildman–Crippen LogP) is 1.74. The molecule has 1 aliphatic heterocycles. The van der Waals surface area contributed by atoms with Crippen LogP contribution in [0.4, 0.5) is 0 Å². The summed E-state index contributed by atoms with van der Waals surface area (Å²) >= 11 is 2.04. The Bertz CT molecular complexity index is 298. The van der Waals surface area contributed by atoms with Crippen LogP contribution in [0.25, 0.3) is 0 Å². The van der Waals surface area contributed by atoms with Gasteiger partial charge in [-0.3, -0.25) is 16.3 Å². The van der Waals surface area contributed by atoms with Crippen LogP contribution in [0.3, 0.4) is 0 Å². The lowest BCUT2D eigenvalue weighted by Crippen LogP contribution is -2.45. The molecule has 0 bridgehead atoms. The van der Waals surface area contributed by atoms with E-state index in [-0.39, 0.29) is 0 Å². The van der Waals surface area contributed by atoms with Gasteiger partial charge < -0.3 is 0 Å². The van der Waals surface area contributed by atoms with Crippen molar-refractivity contribution in [2.24, 2.45) is 5.84 Å². The summed E-state index contributed by atoms with van der Waals surface area (Å²) in [5.41, 5.74) is 4.08. The lowest BCUT2D eigenvalue weighted by Gasteiger charge is -2.29. The second-order valence-electron chi connectivity index (χ2n) is 4.20. The number of hydrogen-bond acceptors (Lipinski definition) is 4. The minimum Gasteiger partial charge on any atom is -0.271 e. The normalized spacial score (nSPS) is 22.9. The summed E-state index contributed by atoms with van der Waals surface area (Å²) in [4.78, 5) is 4.36. The highest BCUT2D eigenvalue weighted by molar-refractivity contribution is 8.00. The summed E-state index contributed by atoms with van der Waals surface area (Å²) in [6.07, 6.45) is 6.72. The quantitative estimate of drug-likeness (QED) is 0.619. The van der Waals surface area contributed by atoms with Gasteiger partial charge in [0.1, 0.15) is 0 Å². The van der Waals surface area contributed by atoms with Crippen molar-refractivity contribution in [3.63, 3.8) is 0 Å². The molecule has 1 aromatic heterocycles. The molecule has 0 aromatic carbocycles. The third-order valence-corrected chi connectivity index (χ3v) is 4.55. The lowest BCUT2D eigenvalue weighted by atomic mass is 10.0. The largest absolute Gasteiger partial charge is 0.271 e. The van der Waals surface area contributed by atoms with Crippen molar-refractivity contribution in [1.29, 1.82) is 0 Å². The SMILES string of the molecule is NNC(Cc1ccccn1)C1CCCCS1. The molecule has 1 fully saturated rings. The van der Waals surface area contributed by atoms with Crippen LogP contribution in [-0.4, -0.2) is 22.0 Å². The Labute approximate surface area is 101 Å². The van der Waals surface area contributed by atoms with Crippen LogP contribution in [0.5, 0.6) is 0 Å². The van der Waals surface area contributed by atoms with E-state index in [1.807, 2.05) is 30.1 Å². The Morgan fingerprint density at radius 3 is 3.06 bits per heavy atom. The van der Waals surface area contributed by atoms with Gasteiger partial charge in [0.25, 0.3) is 0 Å². The lowest BCUT2D eigenvalue weighted by molar-refractivity contribution is 0.468. The van der Waals surface area contributed by atoms with Crippen molar-refractivity contribution in [3.8, 4) is 0 Å². The first-order chi connectivity index (χ1) is 7.90. The van der Waals surface area contributed by atoms with Gasteiger partial charge in [-0.1, -0.05) is 12.5 Å². The number of thioether (sulfide) groups is 1. The number of rotatable bonds is 4. The molecular formula is C12H19N3S. The zero-order valence-corrected chi connectivity index (χ0v) is 10.2. The third kappa shape index (κ3) is 3.20. The van der Waals surface area contributed by atoms with Crippen LogP contribution in [0.15, 0.2) is 24.4 Å². The van der Waals surface area contributed by atoms with Gasteiger partial charge in [0, 0.05) is 29.6 Å². The van der Waals surface area contributed by atoms with Crippen LogP contribution in [0.2, 0.25) is 0 Å². The number of nitrogens with zero attached hydrogens (tertiary/aromatic N) is 1. The Morgan fingerprint density at radius 2 is 2.44 bits per heavy atom. The van der Waals surface area contributed by atoms with E-state index >= 15 is 0 Å². The molecule has 4 heteroatoms. The van der Waals surface area contributed by atoms with E-state index in [2.05, 4.69) is 16.5 Å². The molecule has 88 valence electrons. The molecule has 2 unspecified atom stereocenters. The van der Waals surface area contributed by atoms with E-state index in [0.29, 0.717) is 11.3 Å². The van der Waals surface area contributed by atoms with Crippen molar-refractivity contribution in [2.75, 3.05) is 5.75 Å². The fourth-order valence-electron chi connectivity index (χ4n) is 2.12. The highest BCUT2D eigenvalue weighted by Crippen LogP contribution is 2.28. The topological polar surface area (TPSA) is 50.9 Å². The Balaban J connectivity index is 1.94. The highest BCUT2D eigenvalue weighted by atomic mass is 32.2. The molecule has 16 heavy (non-hydrogen) atoms. The number of pyridine rings is 1. The van der Waals surface area contributed by atoms with E-state index in [1.165, 1.54) is 25.0 Å². The Kier molecular flexibility index (Phi) is 4.63. The van der Waals surface area contributed by atoms with Crippen LogP contribution in [-0.2, 0) is 6.42 Å². The van der Waals surface area contributed by atoms with Gasteiger partial charge in [0.15, 0.2) is 0 Å². The molecule has 2 heterocycles. The molecule has 0 saturated carbocycles. The molecule has 0 spiro atoms. The molecule has 0 amide bonds. The van der Waals surface area contributed by atoms with E-state index in [9.17, 15) is 0 Å². The first kappa shape index (κ1) is 11.9. The molecule has 2 rings (SSSR count). The number of hydrazine groups is 1. The van der Waals surface area contributed by atoms with Crippen LogP contribution >= 0.6 is 11.8 Å². The van der Waals surface area contributed by atoms with E-state index < -0.39 is 0 Å². The van der Waals surface area contributed by atoms with Gasteiger partial charge in [-0.25, -0.2) is 0 Å². The average molecular weight is 237 g/mol. The third-order valence-electron chi connectivity index (χ3n) is 3.03. The first-order valence-electron chi connectivity index (χ1n) is 5.88. The first-order valence-corrected chi connectivity index (χ1v) is 6.92. The number of hydrogen-bond donors (Lipinski definition) is 2. The monoisotopic (exact) mass is 237 g/mol. The average Bonchev–Trinajstić information content (AvgIpc) is 2.38. The molecule has 1 aromatic rings. The zero-order valence-electron chi connectivity index (χ0n) is 9.43.